The fraction of sp³-hybridized carbons (Fsp3) is 0.259. The van der Waals surface area contributed by atoms with Gasteiger partial charge < -0.3 is 10.2 Å². The fourth-order valence-corrected chi connectivity index (χ4v) is 4.18. The number of nitrogens with zero attached hydrogens (tertiary/aromatic N) is 4. The molecular weight excluding hydrogens is 483 g/mol. The second-order valence-corrected chi connectivity index (χ2v) is 8.61. The molecule has 0 radical (unpaired) electrons. The van der Waals surface area contributed by atoms with Gasteiger partial charge in [0.2, 0.25) is 5.95 Å². The van der Waals surface area contributed by atoms with Crippen LogP contribution in [-0.4, -0.2) is 26.9 Å². The molecule has 0 saturated heterocycles. The highest BCUT2D eigenvalue weighted by Gasteiger charge is 2.30. The van der Waals surface area contributed by atoms with Gasteiger partial charge in [0.05, 0.1) is 47.6 Å². The van der Waals surface area contributed by atoms with Crippen molar-refractivity contribution in [2.75, 3.05) is 11.9 Å². The number of aromatic nitrogens is 2. The minimum atomic E-state index is -4.43. The van der Waals surface area contributed by atoms with Gasteiger partial charge >= 0.3 is 6.18 Å². The van der Waals surface area contributed by atoms with E-state index >= 15 is 0 Å². The third-order valence-electron chi connectivity index (χ3n) is 6.17. The molecule has 1 aliphatic rings. The Balaban J connectivity index is 1.61. The van der Waals surface area contributed by atoms with Crippen LogP contribution in [0.1, 0.15) is 51.3 Å². The number of nitriles is 1. The van der Waals surface area contributed by atoms with E-state index in [0.717, 1.165) is 12.1 Å². The van der Waals surface area contributed by atoms with Gasteiger partial charge in [-0.2, -0.15) is 18.4 Å². The monoisotopic (exact) mass is 505 g/mol. The van der Waals surface area contributed by atoms with Gasteiger partial charge in [0, 0.05) is 18.5 Å². The van der Waals surface area contributed by atoms with Gasteiger partial charge in [-0.25, -0.2) is 4.98 Å². The van der Waals surface area contributed by atoms with E-state index in [0.29, 0.717) is 40.9 Å². The van der Waals surface area contributed by atoms with Gasteiger partial charge in [-0.05, 0) is 42.8 Å². The summed E-state index contributed by atoms with van der Waals surface area (Å²) in [6.07, 6.45) is 1.38. The molecule has 10 heteroatoms. The van der Waals surface area contributed by atoms with Crippen LogP contribution in [0.2, 0.25) is 0 Å². The van der Waals surface area contributed by atoms with Gasteiger partial charge in [0.25, 0.3) is 11.5 Å². The third kappa shape index (κ3) is 5.34. The molecule has 1 aromatic heterocycles. The average molecular weight is 506 g/mol. The quantitative estimate of drug-likeness (QED) is 0.527. The molecule has 1 atom stereocenters. The van der Waals surface area contributed by atoms with Crippen LogP contribution in [0, 0.1) is 23.7 Å². The highest BCUT2D eigenvalue weighted by atomic mass is 19.4. The number of carbonyl (C=O) groups is 1. The summed E-state index contributed by atoms with van der Waals surface area (Å²) in [6, 6.07) is 12.6. The van der Waals surface area contributed by atoms with Crippen molar-refractivity contribution in [1.29, 1.82) is 5.26 Å². The van der Waals surface area contributed by atoms with Crippen molar-refractivity contribution < 1.29 is 18.0 Å². The molecule has 2 heterocycles. The fourth-order valence-electron chi connectivity index (χ4n) is 4.18. The first-order chi connectivity index (χ1) is 17.6. The zero-order chi connectivity index (χ0) is 26.7. The Morgan fingerprint density at radius 2 is 1.97 bits per heavy atom. The molecule has 1 aliphatic heterocycles. The van der Waals surface area contributed by atoms with Gasteiger partial charge in [0.15, 0.2) is 0 Å². The Morgan fingerprint density at radius 1 is 1.24 bits per heavy atom. The maximum atomic E-state index is 13.4. The first kappa shape index (κ1) is 25.5. The number of terminal acetylenes is 1. The lowest BCUT2D eigenvalue weighted by Crippen LogP contribution is -2.41. The van der Waals surface area contributed by atoms with Crippen molar-refractivity contribution in [3.63, 3.8) is 0 Å². The van der Waals surface area contributed by atoms with Crippen LogP contribution in [0.5, 0.6) is 0 Å². The number of amides is 1. The molecule has 4 rings (SSSR count). The van der Waals surface area contributed by atoms with Crippen molar-refractivity contribution in [2.45, 2.75) is 38.7 Å². The summed E-state index contributed by atoms with van der Waals surface area (Å²) in [7, 11) is 0. The van der Waals surface area contributed by atoms with Crippen LogP contribution in [0.15, 0.2) is 53.3 Å². The largest absolute Gasteiger partial charge is 0.416 e. The molecule has 3 aromatic rings. The Hall–Kier alpha value is -4.57. The van der Waals surface area contributed by atoms with Crippen molar-refractivity contribution in [3.05, 3.63) is 92.4 Å². The molecule has 0 unspecified atom stereocenters. The van der Waals surface area contributed by atoms with Crippen LogP contribution in [0.3, 0.4) is 0 Å². The summed E-state index contributed by atoms with van der Waals surface area (Å²) in [6.45, 7) is 2.02. The molecule has 0 fully saturated rings. The van der Waals surface area contributed by atoms with Crippen molar-refractivity contribution >= 4 is 11.9 Å². The van der Waals surface area contributed by atoms with Gasteiger partial charge in [-0.1, -0.05) is 24.1 Å². The number of carbonyl (C=O) groups excluding carboxylic acids is 1. The molecule has 2 aromatic carbocycles. The minimum Gasteiger partial charge on any atom is -0.349 e. The molecule has 37 heavy (non-hydrogen) atoms. The normalized spacial score (nSPS) is 13.7. The van der Waals surface area contributed by atoms with Crippen LogP contribution < -0.4 is 10.9 Å². The predicted molar refractivity (Wildman–Crippen MR) is 130 cm³/mol. The van der Waals surface area contributed by atoms with E-state index in [-0.39, 0.29) is 24.9 Å². The number of fused-ring (bicyclic) bond motifs is 1. The van der Waals surface area contributed by atoms with Crippen LogP contribution in [0.4, 0.5) is 19.1 Å². The smallest absolute Gasteiger partial charge is 0.349 e. The van der Waals surface area contributed by atoms with Crippen molar-refractivity contribution in [2.24, 2.45) is 0 Å². The van der Waals surface area contributed by atoms with E-state index in [1.807, 2.05) is 6.07 Å². The lowest BCUT2D eigenvalue weighted by molar-refractivity contribution is -0.137. The van der Waals surface area contributed by atoms with Crippen LogP contribution in [-0.2, 0) is 25.7 Å². The topological polar surface area (TPSA) is 91.0 Å². The maximum Gasteiger partial charge on any atom is 0.416 e. The lowest BCUT2D eigenvalue weighted by Gasteiger charge is -2.29. The van der Waals surface area contributed by atoms with Gasteiger partial charge in [-0.15, -0.1) is 6.42 Å². The highest BCUT2D eigenvalue weighted by molar-refractivity contribution is 5.94. The molecule has 0 saturated carbocycles. The number of rotatable bonds is 5. The summed E-state index contributed by atoms with van der Waals surface area (Å²) in [5.41, 5.74) is 1.01. The molecule has 1 N–H and O–H groups in total. The second-order valence-electron chi connectivity index (χ2n) is 8.61. The predicted octanol–water partition coefficient (Wildman–Crippen LogP) is 4.14. The van der Waals surface area contributed by atoms with Crippen molar-refractivity contribution in [3.8, 4) is 18.4 Å². The van der Waals surface area contributed by atoms with E-state index in [4.69, 9.17) is 11.7 Å². The zero-order valence-corrected chi connectivity index (χ0v) is 19.8. The highest BCUT2D eigenvalue weighted by Crippen LogP contribution is 2.30. The minimum absolute atomic E-state index is 0.0378. The third-order valence-corrected chi connectivity index (χ3v) is 6.17. The Labute approximate surface area is 211 Å². The molecule has 188 valence electrons. The maximum absolute atomic E-state index is 13.4. The Morgan fingerprint density at radius 3 is 2.62 bits per heavy atom. The second kappa shape index (κ2) is 10.2. The average Bonchev–Trinajstić information content (AvgIpc) is 2.90. The first-order valence-corrected chi connectivity index (χ1v) is 11.4. The summed E-state index contributed by atoms with van der Waals surface area (Å²) >= 11 is 0. The zero-order valence-electron chi connectivity index (χ0n) is 19.8. The van der Waals surface area contributed by atoms with E-state index in [9.17, 15) is 22.8 Å². The van der Waals surface area contributed by atoms with E-state index in [1.54, 1.807) is 25.1 Å². The van der Waals surface area contributed by atoms with Crippen LogP contribution >= 0.6 is 0 Å². The number of hydrogen-bond donors (Lipinski definition) is 1. The van der Waals surface area contributed by atoms with E-state index in [1.165, 1.54) is 27.7 Å². The molecule has 1 amide bonds. The molecule has 0 spiro atoms. The molecule has 7 nitrogen and oxygen atoms in total. The summed E-state index contributed by atoms with van der Waals surface area (Å²) in [4.78, 5) is 32.5. The lowest BCUT2D eigenvalue weighted by atomic mass is 10.0. The van der Waals surface area contributed by atoms with E-state index in [2.05, 4.69) is 16.2 Å². The van der Waals surface area contributed by atoms with Gasteiger partial charge in [0.1, 0.15) is 0 Å². The number of anilines is 1. The number of benzene rings is 2. The molecule has 0 bridgehead atoms. The standard InChI is InChI=1S/C27H22F3N5O2/c1-3-12-35-25(37)22-16-34(24(36)20-6-4-5-18(14-20)15-31)13-11-23(22)33-26(35)32-17(2)19-7-9-21(10-8-19)27(28,29)30/h1,4-10,14,17H,11-13,16H2,2H3,(H,32,33)/t17-/m0/s1. The van der Waals surface area contributed by atoms with Crippen LogP contribution in [0.25, 0.3) is 0 Å². The summed E-state index contributed by atoms with van der Waals surface area (Å²) in [5.74, 6) is 2.33. The summed E-state index contributed by atoms with van der Waals surface area (Å²) < 4.78 is 40.0. The molecular formula is C27H22F3N5O2. The number of halogens is 3. The number of hydrogen-bond acceptors (Lipinski definition) is 5. The first-order valence-electron chi connectivity index (χ1n) is 11.4. The Kier molecular flexibility index (Phi) is 7.03. The SMILES string of the molecule is C#CCn1c(N[C@@H](C)c2ccc(C(F)(F)F)cc2)nc2c(c1=O)CN(C(=O)c1cccc(C#N)c1)CC2. The number of alkyl halides is 3. The molecule has 0 aliphatic carbocycles. The summed E-state index contributed by atoms with van der Waals surface area (Å²) in [5, 5.41) is 12.2. The van der Waals surface area contributed by atoms with Crippen molar-refractivity contribution in [1.82, 2.24) is 14.5 Å². The van der Waals surface area contributed by atoms with Gasteiger partial charge in [-0.3, -0.25) is 14.2 Å². The Bertz CT molecular complexity index is 1480. The van der Waals surface area contributed by atoms with E-state index < -0.39 is 23.3 Å². The number of nitrogens with one attached hydrogen (secondary N) is 1.